The summed E-state index contributed by atoms with van der Waals surface area (Å²) >= 11 is 5.97. The molecule has 25 heavy (non-hydrogen) atoms. The molecule has 2 saturated heterocycles. The van der Waals surface area contributed by atoms with Gasteiger partial charge in [-0.25, -0.2) is 0 Å². The number of amides is 1. The van der Waals surface area contributed by atoms with E-state index in [1.165, 1.54) is 19.3 Å². The number of hydrogen-bond donors (Lipinski definition) is 0. The van der Waals surface area contributed by atoms with Crippen molar-refractivity contribution in [1.82, 2.24) is 9.80 Å². The van der Waals surface area contributed by atoms with Crippen LogP contribution in [0.25, 0.3) is 0 Å². The Bertz CT molecular complexity index is 669. The molecule has 0 bridgehead atoms. The Morgan fingerprint density at radius 3 is 2.52 bits per heavy atom. The molecule has 0 aromatic heterocycles. The molecule has 2 aliphatic heterocycles. The first-order valence-corrected chi connectivity index (χ1v) is 9.78. The van der Waals surface area contributed by atoms with E-state index in [0.29, 0.717) is 30.6 Å². The smallest absolute Gasteiger partial charge is 0.243 e. The third-order valence-corrected chi connectivity index (χ3v) is 6.44. The van der Waals surface area contributed by atoms with Gasteiger partial charge >= 0.3 is 0 Å². The summed E-state index contributed by atoms with van der Waals surface area (Å²) in [7, 11) is 0. The zero-order valence-electron chi connectivity index (χ0n) is 14.5. The van der Waals surface area contributed by atoms with Gasteiger partial charge < -0.3 is 4.90 Å². The zero-order chi connectivity index (χ0) is 17.4. The van der Waals surface area contributed by atoms with Crippen LogP contribution in [-0.4, -0.2) is 46.2 Å². The molecule has 1 spiro atoms. The fourth-order valence-corrected chi connectivity index (χ4v) is 4.98. The van der Waals surface area contributed by atoms with Gasteiger partial charge in [0.25, 0.3) is 0 Å². The van der Waals surface area contributed by atoms with Crippen molar-refractivity contribution in [1.29, 1.82) is 0 Å². The molecule has 1 saturated carbocycles. The Balaban J connectivity index is 1.55. The second-order valence-corrected chi connectivity index (χ2v) is 8.21. The second kappa shape index (κ2) is 6.73. The van der Waals surface area contributed by atoms with E-state index >= 15 is 0 Å². The first-order chi connectivity index (χ1) is 12.1. The Morgan fingerprint density at radius 1 is 1.08 bits per heavy atom. The highest BCUT2D eigenvalue weighted by Crippen LogP contribution is 2.40. The van der Waals surface area contributed by atoms with Crippen molar-refractivity contribution in [3.05, 3.63) is 34.9 Å². The Labute approximate surface area is 154 Å². The molecule has 1 unspecified atom stereocenters. The summed E-state index contributed by atoms with van der Waals surface area (Å²) in [6.07, 6.45) is 7.11. The number of hydrogen-bond acceptors (Lipinski definition) is 3. The molecule has 1 amide bonds. The van der Waals surface area contributed by atoms with Crippen molar-refractivity contribution in [3.8, 4) is 0 Å². The van der Waals surface area contributed by atoms with Gasteiger partial charge in [-0.2, -0.15) is 0 Å². The molecule has 4 nitrogen and oxygen atoms in total. The van der Waals surface area contributed by atoms with Crippen molar-refractivity contribution >= 4 is 23.3 Å². The molecule has 134 valence electrons. The molecule has 0 radical (unpaired) electrons. The molecule has 2 heterocycles. The van der Waals surface area contributed by atoms with E-state index in [4.69, 9.17) is 11.6 Å². The van der Waals surface area contributed by atoms with E-state index < -0.39 is 5.54 Å². The third kappa shape index (κ3) is 3.11. The minimum Gasteiger partial charge on any atom is -0.338 e. The first-order valence-electron chi connectivity index (χ1n) is 9.41. The summed E-state index contributed by atoms with van der Waals surface area (Å²) in [6.45, 7) is 1.81. The minimum absolute atomic E-state index is 0.188. The molecule has 0 N–H and O–H groups in total. The van der Waals surface area contributed by atoms with E-state index in [0.717, 1.165) is 31.4 Å². The van der Waals surface area contributed by atoms with E-state index in [2.05, 4.69) is 9.80 Å². The van der Waals surface area contributed by atoms with Crippen molar-refractivity contribution in [2.45, 2.75) is 63.1 Å². The number of nitrogens with zero attached hydrogens (tertiary/aromatic N) is 2. The van der Waals surface area contributed by atoms with Gasteiger partial charge in [0, 0.05) is 30.6 Å². The van der Waals surface area contributed by atoms with Crippen LogP contribution in [0.5, 0.6) is 0 Å². The summed E-state index contributed by atoms with van der Waals surface area (Å²) in [5, 5.41) is 0.705. The van der Waals surface area contributed by atoms with Crippen LogP contribution in [0.3, 0.4) is 0 Å². The number of benzene rings is 1. The number of carbonyl (C=O) groups excluding carboxylic acids is 2. The molecule has 4 rings (SSSR count). The van der Waals surface area contributed by atoms with Crippen LogP contribution in [0.15, 0.2) is 24.3 Å². The predicted molar refractivity (Wildman–Crippen MR) is 97.4 cm³/mol. The lowest BCUT2D eigenvalue weighted by Crippen LogP contribution is -2.51. The summed E-state index contributed by atoms with van der Waals surface area (Å²) in [4.78, 5) is 29.8. The average Bonchev–Trinajstić information content (AvgIpc) is 3.11. The van der Waals surface area contributed by atoms with Gasteiger partial charge in [-0.15, -0.1) is 0 Å². The Hall–Kier alpha value is -1.39. The largest absolute Gasteiger partial charge is 0.338 e. The van der Waals surface area contributed by atoms with E-state index in [1.807, 2.05) is 24.3 Å². The van der Waals surface area contributed by atoms with Crippen molar-refractivity contribution < 1.29 is 9.59 Å². The molecular weight excluding hydrogens is 336 g/mol. The Morgan fingerprint density at radius 2 is 1.80 bits per heavy atom. The predicted octanol–water partition coefficient (Wildman–Crippen LogP) is 3.42. The molecule has 1 aromatic rings. The highest BCUT2D eigenvalue weighted by molar-refractivity contribution is 6.30. The van der Waals surface area contributed by atoms with E-state index in [9.17, 15) is 9.59 Å². The Kier molecular flexibility index (Phi) is 4.59. The zero-order valence-corrected chi connectivity index (χ0v) is 15.3. The maximum Gasteiger partial charge on any atom is 0.243 e. The number of rotatable bonds is 3. The topological polar surface area (TPSA) is 40.6 Å². The van der Waals surface area contributed by atoms with Crippen LogP contribution in [0.2, 0.25) is 5.02 Å². The lowest BCUT2D eigenvalue weighted by molar-refractivity contribution is -0.139. The number of likely N-dealkylation sites (tertiary alicyclic amines) is 2. The minimum atomic E-state index is -0.603. The number of carbonyl (C=O) groups is 2. The molecule has 1 aliphatic carbocycles. The SMILES string of the molecule is O=C1CN(Cc2ccc(Cl)cc2)C2(CCN(C3CCCCC3)C2=O)C1. The van der Waals surface area contributed by atoms with Crippen molar-refractivity contribution in [2.24, 2.45) is 0 Å². The van der Waals surface area contributed by atoms with Crippen LogP contribution in [-0.2, 0) is 16.1 Å². The molecule has 3 fully saturated rings. The summed E-state index contributed by atoms with van der Waals surface area (Å²) in [5.41, 5.74) is 0.496. The van der Waals surface area contributed by atoms with Crippen molar-refractivity contribution in [2.75, 3.05) is 13.1 Å². The maximum atomic E-state index is 13.3. The standard InChI is InChI=1S/C20H25ClN2O2/c21-16-8-6-15(7-9-16)13-22-14-18(24)12-20(22)10-11-23(19(20)25)17-4-2-1-3-5-17/h6-9,17H,1-5,10-14H2. The van der Waals surface area contributed by atoms with Crippen molar-refractivity contribution in [3.63, 3.8) is 0 Å². The fraction of sp³-hybridized carbons (Fsp3) is 0.600. The fourth-order valence-electron chi connectivity index (χ4n) is 4.86. The molecule has 1 aromatic carbocycles. The van der Waals surface area contributed by atoms with Gasteiger partial charge in [0.2, 0.25) is 5.91 Å². The van der Waals surface area contributed by atoms with Crippen LogP contribution < -0.4 is 0 Å². The van der Waals surface area contributed by atoms with Crippen LogP contribution in [0.1, 0.15) is 50.5 Å². The van der Waals surface area contributed by atoms with E-state index in [-0.39, 0.29) is 11.7 Å². The second-order valence-electron chi connectivity index (χ2n) is 7.77. The molecule has 5 heteroatoms. The van der Waals surface area contributed by atoms with E-state index in [1.54, 1.807) is 0 Å². The quantitative estimate of drug-likeness (QED) is 0.829. The molecular formula is C20H25ClN2O2. The van der Waals surface area contributed by atoms with Crippen LogP contribution in [0.4, 0.5) is 0 Å². The van der Waals surface area contributed by atoms with Gasteiger partial charge in [0.05, 0.1) is 6.54 Å². The monoisotopic (exact) mass is 360 g/mol. The normalized spacial score (nSPS) is 28.4. The lowest BCUT2D eigenvalue weighted by Gasteiger charge is -2.35. The highest BCUT2D eigenvalue weighted by Gasteiger charge is 2.56. The van der Waals surface area contributed by atoms with Gasteiger partial charge in [0.15, 0.2) is 0 Å². The maximum absolute atomic E-state index is 13.3. The van der Waals surface area contributed by atoms with Gasteiger partial charge in [-0.3, -0.25) is 14.5 Å². The first kappa shape index (κ1) is 17.0. The van der Waals surface area contributed by atoms with Crippen LogP contribution in [0, 0.1) is 0 Å². The lowest BCUT2D eigenvalue weighted by atomic mass is 9.92. The summed E-state index contributed by atoms with van der Waals surface area (Å²) in [6, 6.07) is 8.08. The summed E-state index contributed by atoms with van der Waals surface area (Å²) in [5.74, 6) is 0.382. The number of Topliss-reactive ketones (excluding diaryl/α,β-unsaturated/α-hetero) is 1. The van der Waals surface area contributed by atoms with Crippen LogP contribution >= 0.6 is 11.6 Å². The van der Waals surface area contributed by atoms with Gasteiger partial charge in [-0.1, -0.05) is 43.0 Å². The summed E-state index contributed by atoms with van der Waals surface area (Å²) < 4.78 is 0. The average molecular weight is 361 g/mol. The molecule has 1 atom stereocenters. The number of halogens is 1. The third-order valence-electron chi connectivity index (χ3n) is 6.19. The van der Waals surface area contributed by atoms with Gasteiger partial charge in [-0.05, 0) is 37.0 Å². The molecule has 3 aliphatic rings. The number of ketones is 1. The van der Waals surface area contributed by atoms with Gasteiger partial charge in [0.1, 0.15) is 11.3 Å². The highest BCUT2D eigenvalue weighted by atomic mass is 35.5.